The molecule has 0 fully saturated rings. The monoisotopic (exact) mass is 407 g/mol. The number of aromatic nitrogens is 1. The molecule has 1 aromatic heterocycles. The van der Waals surface area contributed by atoms with Gasteiger partial charge in [-0.15, -0.1) is 0 Å². The van der Waals surface area contributed by atoms with Gasteiger partial charge < -0.3 is 9.72 Å². The third-order valence-electron chi connectivity index (χ3n) is 5.86. The second-order valence-corrected chi connectivity index (χ2v) is 7.70. The van der Waals surface area contributed by atoms with Crippen molar-refractivity contribution in [2.45, 2.75) is 19.1 Å². The minimum atomic E-state index is -0.339. The highest BCUT2D eigenvalue weighted by molar-refractivity contribution is 5.86. The van der Waals surface area contributed by atoms with Crippen LogP contribution in [0.2, 0.25) is 0 Å². The number of fused-ring (bicyclic) bond motifs is 2. The highest BCUT2D eigenvalue weighted by Gasteiger charge is 2.34. The Morgan fingerprint density at radius 1 is 1.06 bits per heavy atom. The van der Waals surface area contributed by atoms with Crippen LogP contribution in [0.3, 0.4) is 0 Å². The predicted molar refractivity (Wildman–Crippen MR) is 118 cm³/mol. The first kappa shape index (κ1) is 19.0. The van der Waals surface area contributed by atoms with Crippen molar-refractivity contribution in [3.8, 4) is 6.07 Å². The minimum absolute atomic E-state index is 0.233. The summed E-state index contributed by atoms with van der Waals surface area (Å²) in [5.74, 6) is 0. The van der Waals surface area contributed by atoms with Gasteiger partial charge in [0.15, 0.2) is 0 Å². The van der Waals surface area contributed by atoms with E-state index in [1.807, 2.05) is 60.8 Å². The number of rotatable bonds is 3. The Morgan fingerprint density at radius 2 is 1.87 bits per heavy atom. The molecule has 4 aromatic rings. The number of nitriles is 1. The second-order valence-electron chi connectivity index (χ2n) is 7.70. The maximum absolute atomic E-state index is 13.2. The Kier molecular flexibility index (Phi) is 4.89. The van der Waals surface area contributed by atoms with Gasteiger partial charge in [0.25, 0.3) is 0 Å². The van der Waals surface area contributed by atoms with Crippen molar-refractivity contribution < 1.29 is 9.53 Å². The summed E-state index contributed by atoms with van der Waals surface area (Å²) in [5.41, 5.74) is 5.77. The first-order chi connectivity index (χ1) is 15.2. The summed E-state index contributed by atoms with van der Waals surface area (Å²) in [7, 11) is 0. The molecule has 0 saturated heterocycles. The summed E-state index contributed by atoms with van der Waals surface area (Å²) in [6, 6.07) is 25.4. The first-order valence-electron chi connectivity index (χ1n) is 10.3. The molecule has 0 spiro atoms. The molecule has 0 bridgehead atoms. The van der Waals surface area contributed by atoms with Crippen LogP contribution in [-0.2, 0) is 17.8 Å². The lowest BCUT2D eigenvalue weighted by Gasteiger charge is -2.36. The van der Waals surface area contributed by atoms with Crippen LogP contribution in [0.5, 0.6) is 0 Å². The number of carbonyl (C=O) groups is 1. The first-order valence-corrected chi connectivity index (χ1v) is 10.3. The Morgan fingerprint density at radius 3 is 2.71 bits per heavy atom. The maximum Gasteiger partial charge on any atom is 0.410 e. The average Bonchev–Trinajstić information content (AvgIpc) is 3.25. The zero-order chi connectivity index (χ0) is 21.2. The summed E-state index contributed by atoms with van der Waals surface area (Å²) < 4.78 is 5.69. The van der Waals surface area contributed by atoms with Crippen LogP contribution in [-0.4, -0.2) is 22.5 Å². The normalized spacial score (nSPS) is 15.3. The van der Waals surface area contributed by atoms with Gasteiger partial charge in [-0.2, -0.15) is 5.26 Å². The van der Waals surface area contributed by atoms with E-state index in [1.165, 1.54) is 5.56 Å². The number of hydrogen-bond acceptors (Lipinski definition) is 3. The van der Waals surface area contributed by atoms with Crippen LogP contribution in [0.1, 0.15) is 33.9 Å². The highest BCUT2D eigenvalue weighted by Crippen LogP contribution is 2.39. The molecule has 1 atom stereocenters. The third kappa shape index (κ3) is 3.53. The molecule has 1 unspecified atom stereocenters. The van der Waals surface area contributed by atoms with Crippen LogP contribution >= 0.6 is 0 Å². The largest absolute Gasteiger partial charge is 0.445 e. The van der Waals surface area contributed by atoms with Gasteiger partial charge in [0.2, 0.25) is 0 Å². The fourth-order valence-corrected chi connectivity index (χ4v) is 4.34. The van der Waals surface area contributed by atoms with E-state index in [9.17, 15) is 10.1 Å². The topological polar surface area (TPSA) is 69.1 Å². The number of ether oxygens (including phenoxy) is 1. The average molecular weight is 407 g/mol. The summed E-state index contributed by atoms with van der Waals surface area (Å²) >= 11 is 0. The molecule has 3 aromatic carbocycles. The van der Waals surface area contributed by atoms with Gasteiger partial charge in [0.05, 0.1) is 17.7 Å². The lowest BCUT2D eigenvalue weighted by Crippen LogP contribution is -2.40. The van der Waals surface area contributed by atoms with Crippen LogP contribution in [0, 0.1) is 11.3 Å². The third-order valence-corrected chi connectivity index (χ3v) is 5.86. The van der Waals surface area contributed by atoms with Crippen molar-refractivity contribution in [2.75, 3.05) is 6.54 Å². The smallest absolute Gasteiger partial charge is 0.410 e. The fraction of sp³-hybridized carbons (Fsp3) is 0.154. The quantitative estimate of drug-likeness (QED) is 0.499. The molecule has 152 valence electrons. The Bertz CT molecular complexity index is 1290. The van der Waals surface area contributed by atoms with Gasteiger partial charge in [-0.3, -0.25) is 4.90 Å². The van der Waals surface area contributed by atoms with Crippen molar-refractivity contribution in [1.82, 2.24) is 9.88 Å². The van der Waals surface area contributed by atoms with Crippen molar-refractivity contribution in [3.05, 3.63) is 107 Å². The predicted octanol–water partition coefficient (Wildman–Crippen LogP) is 5.32. The zero-order valence-electron chi connectivity index (χ0n) is 16.9. The Labute approximate surface area is 180 Å². The summed E-state index contributed by atoms with van der Waals surface area (Å²) in [4.78, 5) is 18.3. The Hall–Kier alpha value is -4.04. The Balaban J connectivity index is 1.54. The summed E-state index contributed by atoms with van der Waals surface area (Å²) in [5, 5.41) is 10.3. The number of aromatic amines is 1. The molecule has 1 aliphatic rings. The SMILES string of the molecule is N#Cc1ccc2[nH]cc(C3c4ccccc4CCN3C(=O)OCc3ccccc3)c2c1. The molecule has 1 aliphatic heterocycles. The van der Waals surface area contributed by atoms with E-state index < -0.39 is 0 Å². The van der Waals surface area contributed by atoms with E-state index in [0.29, 0.717) is 12.1 Å². The van der Waals surface area contributed by atoms with E-state index in [4.69, 9.17) is 4.74 Å². The lowest BCUT2D eigenvalue weighted by molar-refractivity contribution is 0.0839. The van der Waals surface area contributed by atoms with Gasteiger partial charge in [0, 0.05) is 29.2 Å². The van der Waals surface area contributed by atoms with E-state index >= 15 is 0 Å². The molecular formula is C26H21N3O2. The molecule has 5 nitrogen and oxygen atoms in total. The number of amides is 1. The lowest BCUT2D eigenvalue weighted by atomic mass is 9.88. The highest BCUT2D eigenvalue weighted by atomic mass is 16.6. The van der Waals surface area contributed by atoms with Crippen LogP contribution < -0.4 is 0 Å². The van der Waals surface area contributed by atoms with Crippen LogP contribution in [0.4, 0.5) is 4.79 Å². The van der Waals surface area contributed by atoms with E-state index in [1.54, 1.807) is 11.0 Å². The van der Waals surface area contributed by atoms with Gasteiger partial charge in [-0.05, 0) is 41.3 Å². The summed E-state index contributed by atoms with van der Waals surface area (Å²) in [6.07, 6.45) is 2.38. The molecule has 0 saturated carbocycles. The minimum Gasteiger partial charge on any atom is -0.445 e. The fourth-order valence-electron chi connectivity index (χ4n) is 4.34. The van der Waals surface area contributed by atoms with Crippen molar-refractivity contribution >= 4 is 17.0 Å². The van der Waals surface area contributed by atoms with Crippen molar-refractivity contribution in [1.29, 1.82) is 5.26 Å². The molecule has 0 aliphatic carbocycles. The number of nitrogens with one attached hydrogen (secondary N) is 1. The molecular weight excluding hydrogens is 386 g/mol. The maximum atomic E-state index is 13.2. The van der Waals surface area contributed by atoms with Crippen LogP contribution in [0.15, 0.2) is 79.0 Å². The number of nitrogens with zero attached hydrogens (tertiary/aromatic N) is 2. The van der Waals surface area contributed by atoms with Gasteiger partial charge in [-0.25, -0.2) is 4.79 Å². The van der Waals surface area contributed by atoms with Gasteiger partial charge >= 0.3 is 6.09 Å². The molecule has 1 N–H and O–H groups in total. The zero-order valence-corrected chi connectivity index (χ0v) is 16.9. The van der Waals surface area contributed by atoms with Gasteiger partial charge in [0.1, 0.15) is 6.61 Å². The molecule has 1 amide bonds. The molecule has 0 radical (unpaired) electrons. The van der Waals surface area contributed by atoms with E-state index in [0.717, 1.165) is 34.0 Å². The second kappa shape index (κ2) is 8.00. The van der Waals surface area contributed by atoms with E-state index in [2.05, 4.69) is 23.2 Å². The van der Waals surface area contributed by atoms with Gasteiger partial charge in [-0.1, -0.05) is 54.6 Å². The molecule has 5 heteroatoms. The van der Waals surface area contributed by atoms with Crippen LogP contribution in [0.25, 0.3) is 10.9 Å². The van der Waals surface area contributed by atoms with E-state index in [-0.39, 0.29) is 18.7 Å². The number of H-pyrrole nitrogens is 1. The molecule has 31 heavy (non-hydrogen) atoms. The number of carbonyl (C=O) groups excluding carboxylic acids is 1. The number of benzene rings is 3. The summed E-state index contributed by atoms with van der Waals surface area (Å²) in [6.45, 7) is 0.803. The van der Waals surface area contributed by atoms with Crippen molar-refractivity contribution in [2.24, 2.45) is 0 Å². The number of hydrogen-bond donors (Lipinski definition) is 1. The molecule has 5 rings (SSSR count). The molecule has 2 heterocycles. The standard InChI is InChI=1S/C26H21N3O2/c27-15-19-10-11-24-22(14-19)23(16-28-24)25-21-9-5-4-8-20(21)12-13-29(25)26(30)31-17-18-6-2-1-3-7-18/h1-11,14,16,25,28H,12-13,17H2. The van der Waals surface area contributed by atoms with Crippen molar-refractivity contribution in [3.63, 3.8) is 0 Å².